The van der Waals surface area contributed by atoms with Crippen LogP contribution in [0.25, 0.3) is 0 Å². The summed E-state index contributed by atoms with van der Waals surface area (Å²) in [7, 11) is 7.95. The highest BCUT2D eigenvalue weighted by atomic mass is 16.5. The first kappa shape index (κ1) is 34.6. The van der Waals surface area contributed by atoms with Gasteiger partial charge in [-0.1, -0.05) is 0 Å². The van der Waals surface area contributed by atoms with Crippen molar-refractivity contribution >= 4 is 37.5 Å². The van der Waals surface area contributed by atoms with Gasteiger partial charge in [-0.2, -0.15) is 0 Å². The third kappa shape index (κ3) is 8.52. The molecule has 0 saturated carbocycles. The minimum absolute atomic E-state index is 0.0990. The second kappa shape index (κ2) is 14.8. The number of rotatable bonds is 11. The molecule has 40 heavy (non-hydrogen) atoms. The van der Waals surface area contributed by atoms with Crippen molar-refractivity contribution < 1.29 is 57.8 Å². The summed E-state index contributed by atoms with van der Waals surface area (Å²) >= 11 is 0. The minimum atomic E-state index is -1.68. The van der Waals surface area contributed by atoms with E-state index < -0.39 is 30.3 Å². The molecule has 0 aliphatic heterocycles. The number of esters is 2. The van der Waals surface area contributed by atoms with Gasteiger partial charge in [-0.25, -0.2) is 9.59 Å². The zero-order valence-electron chi connectivity index (χ0n) is 24.5. The molecular weight excluding hydrogens is 526 g/mol. The molecule has 0 heterocycles. The van der Waals surface area contributed by atoms with E-state index in [9.17, 15) is 14.7 Å². The molecule has 3 N–H and O–H groups in total. The summed E-state index contributed by atoms with van der Waals surface area (Å²) < 4.78 is 35.5. The summed E-state index contributed by atoms with van der Waals surface area (Å²) in [6.07, 6.45) is 0. The highest BCUT2D eigenvalue weighted by Gasteiger charge is 2.36. The Kier molecular flexibility index (Phi) is 12.8. The largest absolute Gasteiger partial charge is 0.496 e. The van der Waals surface area contributed by atoms with E-state index in [2.05, 4.69) is 4.74 Å². The molecule has 14 heteroatoms. The van der Waals surface area contributed by atoms with Gasteiger partial charge in [-0.05, 0) is 62.9 Å². The highest BCUT2D eigenvalue weighted by Crippen LogP contribution is 2.30. The molecule has 0 bridgehead atoms. The van der Waals surface area contributed by atoms with Crippen LogP contribution in [-0.2, 0) is 14.1 Å². The molecule has 0 atom stereocenters. The Hall–Kier alpha value is -3.45. The number of ether oxygens (including phenoxy) is 6. The number of carbonyl (C=O) groups excluding carboxylic acids is 2. The zero-order valence-corrected chi connectivity index (χ0v) is 24.5. The number of aliphatic hydroxyl groups is 1. The SMILES string of the molecule is COC(=O)c1c(OC)cc(B(O)O)cc1OC.COC(=O)c1c(OC)cc([B]OC(C)(C)C(C)(C)O)cc1OC. The molecule has 1 radical (unpaired) electrons. The first-order chi connectivity index (χ1) is 18.6. The molecule has 2 rings (SSSR count). The number of benzene rings is 2. The summed E-state index contributed by atoms with van der Waals surface area (Å²) in [6.45, 7) is 6.90. The Morgan fingerprint density at radius 1 is 0.700 bits per heavy atom. The van der Waals surface area contributed by atoms with E-state index in [-0.39, 0.29) is 28.1 Å². The van der Waals surface area contributed by atoms with E-state index in [0.29, 0.717) is 17.0 Å². The molecule has 0 unspecified atom stereocenters. The van der Waals surface area contributed by atoms with Crippen molar-refractivity contribution in [1.29, 1.82) is 0 Å². The van der Waals surface area contributed by atoms with Crippen LogP contribution in [0.15, 0.2) is 24.3 Å². The normalized spacial score (nSPS) is 10.9. The van der Waals surface area contributed by atoms with Crippen LogP contribution < -0.4 is 29.9 Å². The van der Waals surface area contributed by atoms with Gasteiger partial charge in [0.1, 0.15) is 34.1 Å². The van der Waals surface area contributed by atoms with Crippen LogP contribution >= 0.6 is 0 Å². The molecule has 2 aromatic carbocycles. The predicted molar refractivity (Wildman–Crippen MR) is 148 cm³/mol. The predicted octanol–water partition coefficient (Wildman–Crippen LogP) is 0.471. The van der Waals surface area contributed by atoms with Gasteiger partial charge in [0.25, 0.3) is 0 Å². The smallest absolute Gasteiger partial charge is 0.488 e. The van der Waals surface area contributed by atoms with E-state index in [1.165, 1.54) is 62.3 Å². The van der Waals surface area contributed by atoms with E-state index in [1.807, 2.05) is 0 Å². The molecule has 0 aliphatic rings. The molecule has 2 aromatic rings. The molecule has 0 spiro atoms. The van der Waals surface area contributed by atoms with Crippen molar-refractivity contribution in [2.45, 2.75) is 38.9 Å². The van der Waals surface area contributed by atoms with Gasteiger partial charge in [-0.3, -0.25) is 0 Å². The third-order valence-electron chi connectivity index (χ3n) is 6.10. The van der Waals surface area contributed by atoms with Crippen molar-refractivity contribution in [2.75, 3.05) is 42.7 Å². The lowest BCUT2D eigenvalue weighted by Crippen LogP contribution is -2.49. The van der Waals surface area contributed by atoms with Crippen molar-refractivity contribution in [3.63, 3.8) is 0 Å². The van der Waals surface area contributed by atoms with Crippen LogP contribution in [0.2, 0.25) is 0 Å². The molecular formula is C26H37B2O12. The molecule has 0 amide bonds. The van der Waals surface area contributed by atoms with Gasteiger partial charge < -0.3 is 48.2 Å². The van der Waals surface area contributed by atoms with E-state index >= 15 is 0 Å². The number of carbonyl (C=O) groups is 2. The Labute approximate surface area is 235 Å². The lowest BCUT2D eigenvalue weighted by Gasteiger charge is -2.37. The van der Waals surface area contributed by atoms with Gasteiger partial charge in [0.2, 0.25) is 0 Å². The number of hydrogen-bond donors (Lipinski definition) is 3. The second-order valence-corrected chi connectivity index (χ2v) is 9.26. The minimum Gasteiger partial charge on any atom is -0.496 e. The van der Waals surface area contributed by atoms with Gasteiger partial charge in [0.15, 0.2) is 0 Å². The summed E-state index contributed by atoms with van der Waals surface area (Å²) in [5, 5.41) is 28.3. The fraction of sp³-hybridized carbons (Fsp3) is 0.462. The average molecular weight is 563 g/mol. The van der Waals surface area contributed by atoms with E-state index in [0.717, 1.165) is 0 Å². The van der Waals surface area contributed by atoms with Crippen molar-refractivity contribution in [2.24, 2.45) is 0 Å². The Balaban J connectivity index is 0.000000418. The Morgan fingerprint density at radius 2 is 1.05 bits per heavy atom. The molecule has 0 aliphatic carbocycles. The fourth-order valence-corrected chi connectivity index (χ4v) is 3.05. The fourth-order valence-electron chi connectivity index (χ4n) is 3.05. The van der Waals surface area contributed by atoms with Crippen LogP contribution in [0.5, 0.6) is 23.0 Å². The monoisotopic (exact) mass is 563 g/mol. The van der Waals surface area contributed by atoms with Crippen LogP contribution in [-0.4, -0.2) is 95.6 Å². The van der Waals surface area contributed by atoms with Crippen molar-refractivity contribution in [3.8, 4) is 23.0 Å². The summed E-state index contributed by atoms with van der Waals surface area (Å²) in [4.78, 5) is 23.4. The van der Waals surface area contributed by atoms with Gasteiger partial charge in [-0.15, -0.1) is 0 Å². The molecule has 0 fully saturated rings. The Bertz CT molecular complexity index is 1110. The first-order valence-corrected chi connectivity index (χ1v) is 11.9. The molecule has 0 saturated heterocycles. The lowest BCUT2D eigenvalue weighted by atomic mass is 9.79. The second-order valence-electron chi connectivity index (χ2n) is 9.26. The summed E-state index contributed by atoms with van der Waals surface area (Å²) in [5.74, 6) is -0.251. The maximum Gasteiger partial charge on any atom is 0.488 e. The van der Waals surface area contributed by atoms with Crippen molar-refractivity contribution in [3.05, 3.63) is 35.4 Å². The van der Waals surface area contributed by atoms with Crippen LogP contribution in [0.1, 0.15) is 48.4 Å². The average Bonchev–Trinajstić information content (AvgIpc) is 2.93. The summed E-state index contributed by atoms with van der Waals surface area (Å²) in [5.41, 5.74) is -0.758. The quantitative estimate of drug-likeness (QED) is 0.257. The summed E-state index contributed by atoms with van der Waals surface area (Å²) in [6, 6.07) is 5.93. The van der Waals surface area contributed by atoms with E-state index in [1.54, 1.807) is 39.8 Å². The Morgan fingerprint density at radius 3 is 1.32 bits per heavy atom. The third-order valence-corrected chi connectivity index (χ3v) is 6.10. The van der Waals surface area contributed by atoms with Gasteiger partial charge in [0.05, 0.1) is 53.9 Å². The molecule has 219 valence electrons. The number of hydrogen-bond acceptors (Lipinski definition) is 12. The number of methoxy groups -OCH3 is 6. The molecule has 12 nitrogen and oxygen atoms in total. The van der Waals surface area contributed by atoms with Crippen LogP contribution in [0.4, 0.5) is 0 Å². The zero-order chi connectivity index (χ0) is 30.8. The van der Waals surface area contributed by atoms with Gasteiger partial charge >= 0.3 is 26.5 Å². The molecule has 0 aromatic heterocycles. The first-order valence-electron chi connectivity index (χ1n) is 11.9. The van der Waals surface area contributed by atoms with Crippen LogP contribution in [0.3, 0.4) is 0 Å². The maximum atomic E-state index is 11.9. The maximum absolute atomic E-state index is 11.9. The lowest BCUT2D eigenvalue weighted by molar-refractivity contribution is -0.0893. The highest BCUT2D eigenvalue weighted by molar-refractivity contribution is 6.58. The van der Waals surface area contributed by atoms with Gasteiger partial charge in [0, 0.05) is 0 Å². The van der Waals surface area contributed by atoms with Crippen molar-refractivity contribution in [1.82, 2.24) is 0 Å². The van der Waals surface area contributed by atoms with Crippen LogP contribution in [0, 0.1) is 0 Å². The topological polar surface area (TPSA) is 159 Å². The van der Waals surface area contributed by atoms with E-state index in [4.69, 9.17) is 38.4 Å². The standard InChI is InChI=1S/C16H24BO6.C10H13BO6/c1-15(2,19)16(3,4)23-17-10-8-11(20-5)13(14(18)22-7)12(9-10)21-6;1-15-7-4-6(11(13)14)5-8(16-2)9(7)10(12)17-3/h8-9,19H,1-7H3;4-5,13-14H,1-3H3.